The minimum absolute atomic E-state index is 0.0206. The van der Waals surface area contributed by atoms with E-state index in [1.165, 1.54) is 5.06 Å². The van der Waals surface area contributed by atoms with E-state index in [-0.39, 0.29) is 13.2 Å². The minimum atomic E-state index is -1.06. The molecule has 0 unspecified atom stereocenters. The van der Waals surface area contributed by atoms with E-state index in [9.17, 15) is 18.8 Å². The van der Waals surface area contributed by atoms with E-state index in [1.54, 1.807) is 14.0 Å². The quantitative estimate of drug-likeness (QED) is 0.735. The number of hydrogen-bond donors (Lipinski definition) is 1. The van der Waals surface area contributed by atoms with E-state index in [1.807, 2.05) is 4.98 Å². The van der Waals surface area contributed by atoms with Crippen LogP contribution in [0.15, 0.2) is 15.8 Å². The Kier molecular flexibility index (Phi) is 4.53. The van der Waals surface area contributed by atoms with Gasteiger partial charge in [0.15, 0.2) is 0 Å². The average molecular weight is 301 g/mol. The lowest BCUT2D eigenvalue weighted by atomic mass is 10.1. The van der Waals surface area contributed by atoms with Gasteiger partial charge in [0.2, 0.25) is 5.82 Å². The molecule has 0 radical (unpaired) electrons. The van der Waals surface area contributed by atoms with E-state index in [0.717, 1.165) is 10.8 Å². The van der Waals surface area contributed by atoms with Crippen LogP contribution in [-0.2, 0) is 20.9 Å². The highest BCUT2D eigenvalue weighted by Crippen LogP contribution is 2.21. The smallest absolute Gasteiger partial charge is 0.328 e. The van der Waals surface area contributed by atoms with Crippen LogP contribution in [0.1, 0.15) is 13.3 Å². The van der Waals surface area contributed by atoms with Crippen molar-refractivity contribution in [3.8, 4) is 0 Å². The normalized spacial score (nSPS) is 22.4. The molecule has 2 atom stereocenters. The van der Waals surface area contributed by atoms with Gasteiger partial charge in [0.1, 0.15) is 6.04 Å². The molecule has 2 heterocycles. The molecule has 9 heteroatoms. The van der Waals surface area contributed by atoms with Gasteiger partial charge in [-0.25, -0.2) is 4.79 Å². The molecule has 0 saturated carbocycles. The molecule has 8 nitrogen and oxygen atoms in total. The van der Waals surface area contributed by atoms with Gasteiger partial charge >= 0.3 is 11.7 Å². The third-order valence-electron chi connectivity index (χ3n) is 3.17. The van der Waals surface area contributed by atoms with Crippen LogP contribution in [0.5, 0.6) is 0 Å². The van der Waals surface area contributed by atoms with Crippen LogP contribution < -0.4 is 11.2 Å². The fourth-order valence-corrected chi connectivity index (χ4v) is 2.18. The molecular formula is C12H16FN3O5. The molecule has 1 aromatic rings. The fourth-order valence-electron chi connectivity index (χ4n) is 2.18. The van der Waals surface area contributed by atoms with Crippen molar-refractivity contribution in [2.45, 2.75) is 32.0 Å². The van der Waals surface area contributed by atoms with Crippen LogP contribution in [0.4, 0.5) is 4.39 Å². The van der Waals surface area contributed by atoms with Crippen LogP contribution in [0.25, 0.3) is 0 Å². The summed E-state index contributed by atoms with van der Waals surface area (Å²) in [5, 5.41) is 1.36. The summed E-state index contributed by atoms with van der Waals surface area (Å²) in [6, 6.07) is -0.571. The van der Waals surface area contributed by atoms with Crippen LogP contribution in [-0.4, -0.2) is 46.4 Å². The maximum atomic E-state index is 13.2. The molecular weight excluding hydrogens is 285 g/mol. The van der Waals surface area contributed by atoms with Crippen molar-refractivity contribution in [2.24, 2.45) is 0 Å². The number of nitrogens with zero attached hydrogens (tertiary/aromatic N) is 2. The SMILES string of the molecule is CCOC(=O)[C@H]1C[C@@H](Cn2cc(F)c(=O)[nH]c2=O)ON1C. The number of esters is 1. The van der Waals surface area contributed by atoms with Gasteiger partial charge in [-0.1, -0.05) is 0 Å². The van der Waals surface area contributed by atoms with Gasteiger partial charge in [-0.2, -0.15) is 9.45 Å². The molecule has 0 aliphatic carbocycles. The van der Waals surface area contributed by atoms with Gasteiger partial charge in [0, 0.05) is 13.5 Å². The molecule has 1 N–H and O–H groups in total. The standard InChI is InChI=1S/C12H16FN3O5/c1-3-20-11(18)9-4-7(21-15(9)2)5-16-6-8(13)10(17)14-12(16)19/h6-7,9H,3-5H2,1-2H3,(H,14,17,19)/t7-,9+/m0/s1. The van der Waals surface area contributed by atoms with Crippen molar-refractivity contribution in [2.75, 3.05) is 13.7 Å². The molecule has 1 saturated heterocycles. The number of halogens is 1. The summed E-state index contributed by atoms with van der Waals surface area (Å²) >= 11 is 0. The second kappa shape index (κ2) is 6.19. The molecule has 0 amide bonds. The number of H-pyrrole nitrogens is 1. The molecule has 1 aliphatic rings. The maximum absolute atomic E-state index is 13.2. The predicted octanol–water partition coefficient (Wildman–Crippen LogP) is -0.757. The Hall–Kier alpha value is -2.00. The fraction of sp³-hybridized carbons (Fsp3) is 0.583. The predicted molar refractivity (Wildman–Crippen MR) is 69.0 cm³/mol. The number of carbonyl (C=O) groups is 1. The molecule has 116 valence electrons. The Bertz CT molecular complexity index is 641. The van der Waals surface area contributed by atoms with Crippen LogP contribution in [0.2, 0.25) is 0 Å². The number of rotatable bonds is 4. The highest BCUT2D eigenvalue weighted by molar-refractivity contribution is 5.75. The monoisotopic (exact) mass is 301 g/mol. The number of aromatic nitrogens is 2. The number of carbonyl (C=O) groups excluding carboxylic acids is 1. The van der Waals surface area contributed by atoms with E-state index in [0.29, 0.717) is 6.42 Å². The zero-order chi connectivity index (χ0) is 15.6. The summed E-state index contributed by atoms with van der Waals surface area (Å²) in [5.41, 5.74) is -1.79. The lowest BCUT2D eigenvalue weighted by Gasteiger charge is -2.15. The van der Waals surface area contributed by atoms with Gasteiger partial charge in [0.05, 0.1) is 25.5 Å². The highest BCUT2D eigenvalue weighted by Gasteiger charge is 2.37. The Morgan fingerprint density at radius 1 is 1.57 bits per heavy atom. The van der Waals surface area contributed by atoms with E-state index < -0.39 is 35.2 Å². The van der Waals surface area contributed by atoms with Crippen molar-refractivity contribution in [3.05, 3.63) is 32.9 Å². The summed E-state index contributed by atoms with van der Waals surface area (Å²) in [6.07, 6.45) is 0.637. The molecule has 1 aromatic heterocycles. The van der Waals surface area contributed by atoms with Crippen LogP contribution in [0.3, 0.4) is 0 Å². The van der Waals surface area contributed by atoms with Gasteiger partial charge in [-0.05, 0) is 6.92 Å². The van der Waals surface area contributed by atoms with Crippen molar-refractivity contribution in [1.82, 2.24) is 14.6 Å². The summed E-state index contributed by atoms with van der Waals surface area (Å²) in [6.45, 7) is 1.99. The van der Waals surface area contributed by atoms with Gasteiger partial charge in [-0.15, -0.1) is 0 Å². The van der Waals surface area contributed by atoms with Crippen molar-refractivity contribution in [3.63, 3.8) is 0 Å². The number of aromatic amines is 1. The van der Waals surface area contributed by atoms with Crippen molar-refractivity contribution >= 4 is 5.97 Å². The summed E-state index contributed by atoms with van der Waals surface area (Å²) < 4.78 is 19.1. The second-order valence-electron chi connectivity index (χ2n) is 4.67. The largest absolute Gasteiger partial charge is 0.465 e. The first kappa shape index (κ1) is 15.4. The van der Waals surface area contributed by atoms with Crippen LogP contribution >= 0.6 is 0 Å². The Morgan fingerprint density at radius 3 is 2.95 bits per heavy atom. The van der Waals surface area contributed by atoms with Crippen molar-refractivity contribution in [1.29, 1.82) is 0 Å². The van der Waals surface area contributed by atoms with Gasteiger partial charge in [0.25, 0.3) is 5.56 Å². The first-order valence-electron chi connectivity index (χ1n) is 6.48. The third kappa shape index (κ3) is 3.37. The Morgan fingerprint density at radius 2 is 2.29 bits per heavy atom. The van der Waals surface area contributed by atoms with Crippen LogP contribution in [0, 0.1) is 5.82 Å². The van der Waals surface area contributed by atoms with Gasteiger partial charge in [-0.3, -0.25) is 24.0 Å². The molecule has 0 aromatic carbocycles. The first-order valence-corrected chi connectivity index (χ1v) is 6.48. The highest BCUT2D eigenvalue weighted by atomic mass is 19.1. The Labute approximate surface area is 119 Å². The van der Waals surface area contributed by atoms with Gasteiger partial charge < -0.3 is 4.74 Å². The minimum Gasteiger partial charge on any atom is -0.465 e. The molecule has 2 rings (SSSR count). The van der Waals surface area contributed by atoms with E-state index in [4.69, 9.17) is 9.57 Å². The lowest BCUT2D eigenvalue weighted by Crippen LogP contribution is -2.34. The number of ether oxygens (including phenoxy) is 1. The van der Waals surface area contributed by atoms with E-state index >= 15 is 0 Å². The topological polar surface area (TPSA) is 93.6 Å². The zero-order valence-corrected chi connectivity index (χ0v) is 11.7. The Balaban J connectivity index is 2.09. The summed E-state index contributed by atoms with van der Waals surface area (Å²) in [4.78, 5) is 41.5. The molecule has 21 heavy (non-hydrogen) atoms. The number of nitrogens with one attached hydrogen (secondary N) is 1. The molecule has 1 fully saturated rings. The summed E-state index contributed by atoms with van der Waals surface area (Å²) in [5.74, 6) is -1.47. The number of likely N-dealkylation sites (N-methyl/N-ethyl adjacent to an activating group) is 1. The average Bonchev–Trinajstić information content (AvgIpc) is 2.77. The zero-order valence-electron chi connectivity index (χ0n) is 11.7. The molecule has 0 spiro atoms. The van der Waals surface area contributed by atoms with Crippen molar-refractivity contribution < 1.29 is 18.8 Å². The number of hydrogen-bond acceptors (Lipinski definition) is 6. The lowest BCUT2D eigenvalue weighted by molar-refractivity contribution is -0.172. The van der Waals surface area contributed by atoms with E-state index in [2.05, 4.69) is 0 Å². The summed E-state index contributed by atoms with van der Waals surface area (Å²) in [7, 11) is 1.58. The first-order chi connectivity index (χ1) is 9.92. The third-order valence-corrected chi connectivity index (χ3v) is 3.17. The number of hydroxylamine groups is 2. The second-order valence-corrected chi connectivity index (χ2v) is 4.67. The molecule has 1 aliphatic heterocycles. The maximum Gasteiger partial charge on any atom is 0.328 e. The molecule has 0 bridgehead atoms.